The predicted molar refractivity (Wildman–Crippen MR) is 92.0 cm³/mol. The lowest BCUT2D eigenvalue weighted by Gasteiger charge is -2.33. The van der Waals surface area contributed by atoms with E-state index in [1.165, 1.54) is 33.5 Å². The number of likely N-dealkylation sites (N-methyl/N-ethyl adjacent to an activating group) is 1. The van der Waals surface area contributed by atoms with Crippen LogP contribution in [0.2, 0.25) is 0 Å². The lowest BCUT2D eigenvalue weighted by atomic mass is 9.92. The van der Waals surface area contributed by atoms with Gasteiger partial charge in [-0.1, -0.05) is 35.9 Å². The summed E-state index contributed by atoms with van der Waals surface area (Å²) in [4.78, 5) is 2.31. The number of hydrogen-bond donors (Lipinski definition) is 1. The van der Waals surface area contributed by atoms with Gasteiger partial charge in [0.25, 0.3) is 0 Å². The summed E-state index contributed by atoms with van der Waals surface area (Å²) < 4.78 is 0. The van der Waals surface area contributed by atoms with Crippen molar-refractivity contribution in [1.82, 2.24) is 0 Å². The monoisotopic (exact) mass is 282 g/mol. The van der Waals surface area contributed by atoms with Gasteiger partial charge in [0.05, 0.1) is 6.04 Å². The average molecular weight is 282 g/mol. The summed E-state index contributed by atoms with van der Waals surface area (Å²) in [6.07, 6.45) is 0. The van der Waals surface area contributed by atoms with E-state index in [0.29, 0.717) is 6.54 Å². The number of nitrogens with two attached hydrogens (primary N) is 1. The third kappa shape index (κ3) is 3.11. The summed E-state index contributed by atoms with van der Waals surface area (Å²) in [5.74, 6) is 0. The smallest absolute Gasteiger partial charge is 0.0666 e. The van der Waals surface area contributed by atoms with Crippen LogP contribution in [0.15, 0.2) is 36.4 Å². The van der Waals surface area contributed by atoms with Gasteiger partial charge in [0.15, 0.2) is 0 Å². The Morgan fingerprint density at radius 3 is 2.05 bits per heavy atom. The van der Waals surface area contributed by atoms with Crippen LogP contribution < -0.4 is 10.6 Å². The van der Waals surface area contributed by atoms with Crippen molar-refractivity contribution in [2.75, 3.05) is 18.5 Å². The Balaban J connectivity index is 2.48. The molecule has 112 valence electrons. The molecule has 0 amide bonds. The molecule has 0 bridgehead atoms. The first-order valence-electron chi connectivity index (χ1n) is 7.52. The zero-order valence-electron chi connectivity index (χ0n) is 13.8. The molecule has 0 aliphatic rings. The molecule has 2 aromatic carbocycles. The van der Waals surface area contributed by atoms with Gasteiger partial charge >= 0.3 is 0 Å². The minimum atomic E-state index is 0.201. The molecule has 2 heteroatoms. The van der Waals surface area contributed by atoms with Crippen molar-refractivity contribution < 1.29 is 0 Å². The SMILES string of the molecule is Cc1cc(C)c(C(CN)N(C)c2ccccc2C)c(C)c1. The molecule has 0 saturated carbocycles. The Kier molecular flexibility index (Phi) is 4.69. The van der Waals surface area contributed by atoms with Gasteiger partial charge in [-0.2, -0.15) is 0 Å². The zero-order chi connectivity index (χ0) is 15.6. The van der Waals surface area contributed by atoms with E-state index < -0.39 is 0 Å². The van der Waals surface area contributed by atoms with Gasteiger partial charge in [0, 0.05) is 19.3 Å². The van der Waals surface area contributed by atoms with Crippen LogP contribution in [0.1, 0.15) is 33.9 Å². The molecular formula is C19H26N2. The molecule has 0 heterocycles. The van der Waals surface area contributed by atoms with Crippen molar-refractivity contribution in [2.24, 2.45) is 5.73 Å². The highest BCUT2D eigenvalue weighted by Gasteiger charge is 2.21. The first kappa shape index (κ1) is 15.6. The standard InChI is InChI=1S/C19H26N2/c1-13-10-15(3)19(16(4)11-13)18(12-20)21(5)17-9-7-6-8-14(17)2/h6-11,18H,12,20H2,1-5H3. The molecule has 0 spiro atoms. The van der Waals surface area contributed by atoms with Gasteiger partial charge in [-0.25, -0.2) is 0 Å². The second kappa shape index (κ2) is 6.31. The summed E-state index contributed by atoms with van der Waals surface area (Å²) in [6, 6.07) is 13.2. The Bertz CT molecular complexity index is 608. The maximum atomic E-state index is 6.13. The number of para-hydroxylation sites is 1. The van der Waals surface area contributed by atoms with Gasteiger partial charge < -0.3 is 10.6 Å². The number of hydrogen-bond acceptors (Lipinski definition) is 2. The Labute approximate surface area is 128 Å². The Hall–Kier alpha value is -1.80. The van der Waals surface area contributed by atoms with Crippen molar-refractivity contribution >= 4 is 5.69 Å². The minimum absolute atomic E-state index is 0.201. The quantitative estimate of drug-likeness (QED) is 0.916. The van der Waals surface area contributed by atoms with E-state index >= 15 is 0 Å². The number of nitrogens with zero attached hydrogens (tertiary/aromatic N) is 1. The molecule has 21 heavy (non-hydrogen) atoms. The Morgan fingerprint density at radius 1 is 0.952 bits per heavy atom. The molecule has 0 aliphatic heterocycles. The minimum Gasteiger partial charge on any atom is -0.366 e. The molecule has 0 aliphatic carbocycles. The maximum absolute atomic E-state index is 6.13. The van der Waals surface area contributed by atoms with Crippen LogP contribution in [0.5, 0.6) is 0 Å². The number of aryl methyl sites for hydroxylation is 4. The highest BCUT2D eigenvalue weighted by atomic mass is 15.1. The molecule has 2 nitrogen and oxygen atoms in total. The lowest BCUT2D eigenvalue weighted by molar-refractivity contribution is 0.670. The molecule has 2 aromatic rings. The van der Waals surface area contributed by atoms with E-state index in [0.717, 1.165) is 0 Å². The molecule has 0 aromatic heterocycles. The number of rotatable bonds is 4. The van der Waals surface area contributed by atoms with Crippen LogP contribution in [-0.4, -0.2) is 13.6 Å². The molecule has 2 rings (SSSR count). The van der Waals surface area contributed by atoms with Crippen LogP contribution in [-0.2, 0) is 0 Å². The lowest BCUT2D eigenvalue weighted by Crippen LogP contribution is -2.32. The molecule has 2 N–H and O–H groups in total. The predicted octanol–water partition coefficient (Wildman–Crippen LogP) is 4.06. The number of anilines is 1. The molecule has 1 atom stereocenters. The highest BCUT2D eigenvalue weighted by molar-refractivity contribution is 5.55. The van der Waals surface area contributed by atoms with E-state index in [9.17, 15) is 0 Å². The van der Waals surface area contributed by atoms with Crippen molar-refractivity contribution in [1.29, 1.82) is 0 Å². The third-order valence-electron chi connectivity index (χ3n) is 4.26. The molecule has 0 fully saturated rings. The van der Waals surface area contributed by atoms with Crippen molar-refractivity contribution in [3.63, 3.8) is 0 Å². The highest BCUT2D eigenvalue weighted by Crippen LogP contribution is 2.31. The van der Waals surface area contributed by atoms with Gasteiger partial charge in [-0.15, -0.1) is 0 Å². The van der Waals surface area contributed by atoms with E-state index in [4.69, 9.17) is 5.73 Å². The first-order valence-corrected chi connectivity index (χ1v) is 7.52. The summed E-state index contributed by atoms with van der Waals surface area (Å²) in [5.41, 5.74) is 14.0. The normalized spacial score (nSPS) is 12.3. The second-order valence-electron chi connectivity index (χ2n) is 5.96. The fourth-order valence-corrected chi connectivity index (χ4v) is 3.31. The summed E-state index contributed by atoms with van der Waals surface area (Å²) in [7, 11) is 2.14. The maximum Gasteiger partial charge on any atom is 0.0666 e. The van der Waals surface area contributed by atoms with Crippen molar-refractivity contribution in [3.8, 4) is 0 Å². The van der Waals surface area contributed by atoms with E-state index in [2.05, 4.69) is 76.0 Å². The van der Waals surface area contributed by atoms with Crippen LogP contribution in [0.4, 0.5) is 5.69 Å². The van der Waals surface area contributed by atoms with Gasteiger partial charge in [0.2, 0.25) is 0 Å². The average Bonchev–Trinajstić information content (AvgIpc) is 2.42. The summed E-state index contributed by atoms with van der Waals surface area (Å²) in [5, 5.41) is 0. The second-order valence-corrected chi connectivity index (χ2v) is 5.96. The van der Waals surface area contributed by atoms with Crippen LogP contribution in [0, 0.1) is 27.7 Å². The summed E-state index contributed by atoms with van der Waals surface area (Å²) in [6.45, 7) is 9.27. The topological polar surface area (TPSA) is 29.3 Å². The molecule has 0 saturated heterocycles. The van der Waals surface area contributed by atoms with Crippen LogP contribution >= 0.6 is 0 Å². The van der Waals surface area contributed by atoms with Gasteiger partial charge in [0.1, 0.15) is 0 Å². The van der Waals surface area contributed by atoms with E-state index in [1.54, 1.807) is 0 Å². The van der Waals surface area contributed by atoms with Crippen molar-refractivity contribution in [3.05, 3.63) is 64.2 Å². The first-order chi connectivity index (χ1) is 9.95. The summed E-state index contributed by atoms with van der Waals surface area (Å²) >= 11 is 0. The van der Waals surface area contributed by atoms with E-state index in [1.807, 2.05) is 0 Å². The zero-order valence-corrected chi connectivity index (χ0v) is 13.8. The molecule has 0 radical (unpaired) electrons. The van der Waals surface area contributed by atoms with Gasteiger partial charge in [-0.3, -0.25) is 0 Å². The van der Waals surface area contributed by atoms with Gasteiger partial charge in [-0.05, 0) is 56.0 Å². The van der Waals surface area contributed by atoms with E-state index in [-0.39, 0.29) is 6.04 Å². The fourth-order valence-electron chi connectivity index (χ4n) is 3.31. The number of benzene rings is 2. The fraction of sp³-hybridized carbons (Fsp3) is 0.368. The molecular weight excluding hydrogens is 256 g/mol. The largest absolute Gasteiger partial charge is 0.366 e. The Morgan fingerprint density at radius 2 is 1.52 bits per heavy atom. The van der Waals surface area contributed by atoms with Crippen LogP contribution in [0.25, 0.3) is 0 Å². The van der Waals surface area contributed by atoms with Crippen LogP contribution in [0.3, 0.4) is 0 Å². The van der Waals surface area contributed by atoms with Crippen molar-refractivity contribution in [2.45, 2.75) is 33.7 Å². The molecule has 1 unspecified atom stereocenters. The third-order valence-corrected chi connectivity index (χ3v) is 4.26.